The summed E-state index contributed by atoms with van der Waals surface area (Å²) in [5.74, 6) is 0.841. The van der Waals surface area contributed by atoms with Crippen LogP contribution in [0.5, 0.6) is 0 Å². The van der Waals surface area contributed by atoms with Crippen molar-refractivity contribution in [2.75, 3.05) is 26.2 Å². The topological polar surface area (TPSA) is 15.3 Å². The number of halogens is 1. The van der Waals surface area contributed by atoms with Crippen LogP contribution in [0.1, 0.15) is 25.3 Å². The van der Waals surface area contributed by atoms with Crippen LogP contribution in [0.4, 0.5) is 0 Å². The molecule has 0 aromatic heterocycles. The van der Waals surface area contributed by atoms with Crippen LogP contribution in [0.25, 0.3) is 0 Å². The molecular weight excluding hydrogens is 244 g/mol. The highest BCUT2D eigenvalue weighted by Gasteiger charge is 2.16. The van der Waals surface area contributed by atoms with Gasteiger partial charge in [-0.15, -0.1) is 0 Å². The molecule has 1 heterocycles. The predicted octanol–water partition coefficient (Wildman–Crippen LogP) is 3.16. The highest BCUT2D eigenvalue weighted by Crippen LogP contribution is 2.19. The molecule has 1 aromatic rings. The molecule has 2 rings (SSSR count). The minimum atomic E-state index is 0.841. The van der Waals surface area contributed by atoms with E-state index in [1.807, 2.05) is 12.1 Å². The van der Waals surface area contributed by atoms with Gasteiger partial charge >= 0.3 is 0 Å². The van der Waals surface area contributed by atoms with Crippen LogP contribution in [-0.2, 0) is 6.54 Å². The molecule has 0 atom stereocenters. The van der Waals surface area contributed by atoms with Crippen LogP contribution in [-0.4, -0.2) is 31.1 Å². The van der Waals surface area contributed by atoms with Crippen LogP contribution in [0.15, 0.2) is 24.3 Å². The molecule has 1 fully saturated rings. The second-order valence-corrected chi connectivity index (χ2v) is 5.52. The maximum absolute atomic E-state index is 6.23. The molecule has 2 nitrogen and oxygen atoms in total. The number of nitrogens with zero attached hydrogens (tertiary/aromatic N) is 1. The number of benzene rings is 1. The lowest BCUT2D eigenvalue weighted by Crippen LogP contribution is -2.35. The summed E-state index contributed by atoms with van der Waals surface area (Å²) in [6.07, 6.45) is 2.61. The molecule has 1 aliphatic heterocycles. The fourth-order valence-electron chi connectivity index (χ4n) is 2.60. The second-order valence-electron chi connectivity index (χ2n) is 5.11. The van der Waals surface area contributed by atoms with Crippen molar-refractivity contribution >= 4 is 11.6 Å². The van der Waals surface area contributed by atoms with Gasteiger partial charge < -0.3 is 5.32 Å². The number of rotatable bonds is 5. The van der Waals surface area contributed by atoms with E-state index >= 15 is 0 Å². The van der Waals surface area contributed by atoms with Gasteiger partial charge in [-0.25, -0.2) is 0 Å². The van der Waals surface area contributed by atoms with E-state index in [2.05, 4.69) is 29.3 Å². The summed E-state index contributed by atoms with van der Waals surface area (Å²) >= 11 is 6.23. The van der Waals surface area contributed by atoms with Crippen LogP contribution in [0.3, 0.4) is 0 Å². The van der Waals surface area contributed by atoms with Crippen LogP contribution < -0.4 is 5.32 Å². The summed E-state index contributed by atoms with van der Waals surface area (Å²) in [6.45, 7) is 7.85. The lowest BCUT2D eigenvalue weighted by atomic mass is 9.97. The van der Waals surface area contributed by atoms with E-state index in [-0.39, 0.29) is 0 Å². The van der Waals surface area contributed by atoms with Crippen molar-refractivity contribution in [2.24, 2.45) is 5.92 Å². The summed E-state index contributed by atoms with van der Waals surface area (Å²) < 4.78 is 0. The lowest BCUT2D eigenvalue weighted by molar-refractivity contribution is 0.207. The van der Waals surface area contributed by atoms with Gasteiger partial charge in [-0.2, -0.15) is 0 Å². The van der Waals surface area contributed by atoms with Crippen molar-refractivity contribution in [3.05, 3.63) is 34.9 Å². The molecule has 0 saturated carbocycles. The third kappa shape index (κ3) is 3.98. The highest BCUT2D eigenvalue weighted by atomic mass is 35.5. The largest absolute Gasteiger partial charge is 0.317 e. The molecule has 3 heteroatoms. The van der Waals surface area contributed by atoms with Crippen molar-refractivity contribution in [3.8, 4) is 0 Å². The SMILES string of the molecule is CCN(Cc1ccccc1Cl)CC1CCNCC1. The lowest BCUT2D eigenvalue weighted by Gasteiger charge is -2.29. The Morgan fingerprint density at radius 3 is 2.67 bits per heavy atom. The molecule has 0 spiro atoms. The van der Waals surface area contributed by atoms with Crippen molar-refractivity contribution in [2.45, 2.75) is 26.3 Å². The van der Waals surface area contributed by atoms with Gasteiger partial charge in [-0.3, -0.25) is 4.90 Å². The molecule has 1 saturated heterocycles. The van der Waals surface area contributed by atoms with Crippen LogP contribution >= 0.6 is 11.6 Å². The van der Waals surface area contributed by atoms with E-state index in [1.165, 1.54) is 38.0 Å². The van der Waals surface area contributed by atoms with Gasteiger partial charge in [0.15, 0.2) is 0 Å². The first-order valence-electron chi connectivity index (χ1n) is 6.96. The zero-order valence-corrected chi connectivity index (χ0v) is 11.9. The van der Waals surface area contributed by atoms with Gasteiger partial charge in [0.05, 0.1) is 0 Å². The third-order valence-corrected chi connectivity index (χ3v) is 4.14. The Morgan fingerprint density at radius 2 is 2.00 bits per heavy atom. The van der Waals surface area contributed by atoms with E-state index in [4.69, 9.17) is 11.6 Å². The van der Waals surface area contributed by atoms with Gasteiger partial charge in [-0.1, -0.05) is 36.7 Å². The monoisotopic (exact) mass is 266 g/mol. The van der Waals surface area contributed by atoms with Crippen molar-refractivity contribution in [3.63, 3.8) is 0 Å². The predicted molar refractivity (Wildman–Crippen MR) is 78.0 cm³/mol. The maximum Gasteiger partial charge on any atom is 0.0451 e. The quantitative estimate of drug-likeness (QED) is 0.881. The summed E-state index contributed by atoms with van der Waals surface area (Å²) in [4.78, 5) is 2.51. The average molecular weight is 267 g/mol. The zero-order chi connectivity index (χ0) is 12.8. The minimum absolute atomic E-state index is 0.841. The summed E-state index contributed by atoms with van der Waals surface area (Å²) in [6, 6.07) is 8.18. The molecule has 100 valence electrons. The first-order chi connectivity index (χ1) is 8.79. The number of hydrogen-bond donors (Lipinski definition) is 1. The fraction of sp³-hybridized carbons (Fsp3) is 0.600. The van der Waals surface area contributed by atoms with Gasteiger partial charge in [0.2, 0.25) is 0 Å². The molecule has 0 unspecified atom stereocenters. The molecule has 1 N–H and O–H groups in total. The molecule has 0 aliphatic carbocycles. The van der Waals surface area contributed by atoms with Gasteiger partial charge in [0, 0.05) is 18.1 Å². The first-order valence-corrected chi connectivity index (χ1v) is 7.34. The Morgan fingerprint density at radius 1 is 1.28 bits per heavy atom. The summed E-state index contributed by atoms with van der Waals surface area (Å²) in [5.41, 5.74) is 1.25. The highest BCUT2D eigenvalue weighted by molar-refractivity contribution is 6.31. The van der Waals surface area contributed by atoms with E-state index in [1.54, 1.807) is 0 Å². The molecule has 0 radical (unpaired) electrons. The first kappa shape index (κ1) is 13.9. The molecule has 0 amide bonds. The number of hydrogen-bond acceptors (Lipinski definition) is 2. The van der Waals surface area contributed by atoms with Crippen LogP contribution in [0.2, 0.25) is 5.02 Å². The second kappa shape index (κ2) is 7.13. The van der Waals surface area contributed by atoms with E-state index in [0.29, 0.717) is 0 Å². The molecule has 1 aliphatic rings. The Bertz CT molecular complexity index is 361. The zero-order valence-electron chi connectivity index (χ0n) is 11.2. The molecular formula is C15H23ClN2. The third-order valence-electron chi connectivity index (χ3n) is 3.77. The standard InChI is InChI=1S/C15H23ClN2/c1-2-18(11-13-7-9-17-10-8-13)12-14-5-3-4-6-15(14)16/h3-6,13,17H,2,7-12H2,1H3. The van der Waals surface area contributed by atoms with E-state index < -0.39 is 0 Å². The number of nitrogens with one attached hydrogen (secondary N) is 1. The normalized spacial score (nSPS) is 17.3. The Hall–Kier alpha value is -0.570. The van der Waals surface area contributed by atoms with Crippen LogP contribution in [0, 0.1) is 5.92 Å². The smallest absolute Gasteiger partial charge is 0.0451 e. The van der Waals surface area contributed by atoms with E-state index in [0.717, 1.165) is 24.0 Å². The molecule has 1 aromatic carbocycles. The van der Waals surface area contributed by atoms with Gasteiger partial charge in [0.1, 0.15) is 0 Å². The maximum atomic E-state index is 6.23. The van der Waals surface area contributed by atoms with Crippen molar-refractivity contribution in [1.82, 2.24) is 10.2 Å². The summed E-state index contributed by atoms with van der Waals surface area (Å²) in [5, 5.41) is 4.32. The van der Waals surface area contributed by atoms with Crippen molar-refractivity contribution in [1.29, 1.82) is 0 Å². The molecule has 18 heavy (non-hydrogen) atoms. The average Bonchev–Trinajstić information content (AvgIpc) is 2.41. The molecule has 0 bridgehead atoms. The van der Waals surface area contributed by atoms with E-state index in [9.17, 15) is 0 Å². The summed E-state index contributed by atoms with van der Waals surface area (Å²) in [7, 11) is 0. The Labute approximate surface area is 115 Å². The van der Waals surface area contributed by atoms with Gasteiger partial charge in [-0.05, 0) is 50.0 Å². The van der Waals surface area contributed by atoms with Gasteiger partial charge in [0.25, 0.3) is 0 Å². The Kier molecular flexibility index (Phi) is 5.48. The number of piperidine rings is 1. The minimum Gasteiger partial charge on any atom is -0.317 e. The Balaban J connectivity index is 1.90. The fourth-order valence-corrected chi connectivity index (χ4v) is 2.80. The van der Waals surface area contributed by atoms with Crippen molar-refractivity contribution < 1.29 is 0 Å².